The highest BCUT2D eigenvalue weighted by atomic mass is 16.4. The lowest BCUT2D eigenvalue weighted by molar-refractivity contribution is -0.143. The third kappa shape index (κ3) is 3.57. The zero-order valence-corrected chi connectivity index (χ0v) is 17.8. The normalized spacial score (nSPS) is 16.0. The molecular formula is C24H25N5O3. The standard InChI is InChI=1S/C24H25N5O3/c1-15-23(27-21-5-3-2-4-20(21)26-15)29-10-8-28(9-11-29)22(24(31)32)18-13-25-19-7-6-16(14-30)12-17(18)19/h2-7,12-13,22,25,30H,8-11,14H2,1H3,(H,31,32). The molecular weight excluding hydrogens is 406 g/mol. The summed E-state index contributed by atoms with van der Waals surface area (Å²) < 4.78 is 0. The van der Waals surface area contributed by atoms with E-state index in [1.54, 1.807) is 6.20 Å². The third-order valence-corrected chi connectivity index (χ3v) is 6.19. The molecule has 0 amide bonds. The Bertz CT molecular complexity index is 1290. The number of carboxylic acids is 1. The third-order valence-electron chi connectivity index (χ3n) is 6.19. The number of hydrogen-bond donors (Lipinski definition) is 3. The van der Waals surface area contributed by atoms with Crippen LogP contribution in [-0.4, -0.2) is 62.2 Å². The Balaban J connectivity index is 1.40. The van der Waals surface area contributed by atoms with Gasteiger partial charge < -0.3 is 20.1 Å². The van der Waals surface area contributed by atoms with Gasteiger partial charge in [-0.15, -0.1) is 0 Å². The molecule has 8 nitrogen and oxygen atoms in total. The van der Waals surface area contributed by atoms with Crippen molar-refractivity contribution in [2.75, 3.05) is 31.1 Å². The van der Waals surface area contributed by atoms with Gasteiger partial charge in [-0.1, -0.05) is 18.2 Å². The van der Waals surface area contributed by atoms with Gasteiger partial charge in [-0.2, -0.15) is 0 Å². The van der Waals surface area contributed by atoms with Crippen LogP contribution in [0.15, 0.2) is 48.7 Å². The minimum Gasteiger partial charge on any atom is -0.480 e. The Kier molecular flexibility index (Phi) is 5.24. The predicted molar refractivity (Wildman–Crippen MR) is 123 cm³/mol. The first kappa shape index (κ1) is 20.4. The van der Waals surface area contributed by atoms with Crippen molar-refractivity contribution in [3.05, 3.63) is 65.5 Å². The summed E-state index contributed by atoms with van der Waals surface area (Å²) >= 11 is 0. The minimum atomic E-state index is -0.879. The molecule has 0 bridgehead atoms. The van der Waals surface area contributed by atoms with Gasteiger partial charge in [0.2, 0.25) is 0 Å². The quantitative estimate of drug-likeness (QED) is 0.446. The molecule has 0 radical (unpaired) electrons. The maximum atomic E-state index is 12.3. The van der Waals surface area contributed by atoms with Crippen LogP contribution < -0.4 is 4.90 Å². The Morgan fingerprint density at radius 2 is 1.81 bits per heavy atom. The number of aliphatic carboxylic acids is 1. The van der Waals surface area contributed by atoms with Gasteiger partial charge in [0, 0.05) is 48.8 Å². The highest BCUT2D eigenvalue weighted by molar-refractivity contribution is 5.89. The molecule has 3 N–H and O–H groups in total. The zero-order chi connectivity index (χ0) is 22.2. The monoisotopic (exact) mass is 431 g/mol. The van der Waals surface area contributed by atoms with Crippen LogP contribution in [0.5, 0.6) is 0 Å². The van der Waals surface area contributed by atoms with Crippen LogP contribution in [0.2, 0.25) is 0 Å². The number of para-hydroxylation sites is 2. The van der Waals surface area contributed by atoms with E-state index in [1.165, 1.54) is 0 Å². The van der Waals surface area contributed by atoms with E-state index in [1.807, 2.05) is 54.3 Å². The SMILES string of the molecule is Cc1nc2ccccc2nc1N1CCN(C(C(=O)O)c2c[nH]c3ccc(CO)cc23)CC1. The molecule has 1 atom stereocenters. The molecule has 3 heterocycles. The largest absolute Gasteiger partial charge is 0.480 e. The summed E-state index contributed by atoms with van der Waals surface area (Å²) in [4.78, 5) is 29.2. The molecule has 1 aliphatic rings. The average molecular weight is 431 g/mol. The number of carbonyl (C=O) groups is 1. The van der Waals surface area contributed by atoms with Crippen molar-refractivity contribution in [3.8, 4) is 0 Å². The first-order chi connectivity index (χ1) is 15.5. The van der Waals surface area contributed by atoms with E-state index >= 15 is 0 Å². The van der Waals surface area contributed by atoms with Crippen molar-refractivity contribution >= 4 is 33.7 Å². The van der Waals surface area contributed by atoms with Gasteiger partial charge in [0.15, 0.2) is 5.82 Å². The lowest BCUT2D eigenvalue weighted by Gasteiger charge is -2.38. The highest BCUT2D eigenvalue weighted by Gasteiger charge is 2.32. The van der Waals surface area contributed by atoms with Gasteiger partial charge in [0.1, 0.15) is 6.04 Å². The van der Waals surface area contributed by atoms with Crippen LogP contribution >= 0.6 is 0 Å². The van der Waals surface area contributed by atoms with Crippen LogP contribution in [0, 0.1) is 6.92 Å². The number of carboxylic acid groups (broad SMARTS) is 1. The van der Waals surface area contributed by atoms with Crippen LogP contribution in [0.4, 0.5) is 5.82 Å². The fourth-order valence-electron chi connectivity index (χ4n) is 4.57. The molecule has 1 saturated heterocycles. The lowest BCUT2D eigenvalue weighted by Crippen LogP contribution is -2.49. The number of nitrogens with zero attached hydrogens (tertiary/aromatic N) is 4. The molecule has 1 aliphatic heterocycles. The Hall–Kier alpha value is -3.49. The summed E-state index contributed by atoms with van der Waals surface area (Å²) in [5.41, 5.74) is 4.96. The molecule has 8 heteroatoms. The topological polar surface area (TPSA) is 106 Å². The number of fused-ring (bicyclic) bond motifs is 2. The van der Waals surface area contributed by atoms with E-state index in [-0.39, 0.29) is 6.61 Å². The molecule has 2 aromatic heterocycles. The zero-order valence-electron chi connectivity index (χ0n) is 17.8. The van der Waals surface area contributed by atoms with Crippen LogP contribution in [0.3, 0.4) is 0 Å². The summed E-state index contributed by atoms with van der Waals surface area (Å²) in [6, 6.07) is 12.6. The molecule has 5 rings (SSSR count). The van der Waals surface area contributed by atoms with Gasteiger partial charge in [0.25, 0.3) is 0 Å². The van der Waals surface area contributed by atoms with Crippen molar-refractivity contribution in [2.45, 2.75) is 19.6 Å². The number of hydrogen-bond acceptors (Lipinski definition) is 6. The number of aryl methyl sites for hydroxylation is 1. The number of aliphatic hydroxyl groups is 1. The fourth-order valence-corrected chi connectivity index (χ4v) is 4.57. The number of aromatic nitrogens is 3. The Labute approximate surface area is 185 Å². The maximum absolute atomic E-state index is 12.3. The van der Waals surface area contributed by atoms with Crippen LogP contribution in [-0.2, 0) is 11.4 Å². The average Bonchev–Trinajstić information content (AvgIpc) is 3.22. The van der Waals surface area contributed by atoms with Gasteiger partial charge in [-0.25, -0.2) is 9.97 Å². The van der Waals surface area contributed by atoms with Gasteiger partial charge >= 0.3 is 5.97 Å². The van der Waals surface area contributed by atoms with Gasteiger partial charge in [0.05, 0.1) is 23.3 Å². The Morgan fingerprint density at radius 1 is 1.09 bits per heavy atom. The summed E-state index contributed by atoms with van der Waals surface area (Å²) in [5, 5.41) is 20.4. The van der Waals surface area contributed by atoms with E-state index in [0.29, 0.717) is 26.2 Å². The Morgan fingerprint density at radius 3 is 2.50 bits per heavy atom. The van der Waals surface area contributed by atoms with Crippen molar-refractivity contribution in [2.24, 2.45) is 0 Å². The molecule has 1 unspecified atom stereocenters. The number of benzene rings is 2. The van der Waals surface area contributed by atoms with Gasteiger partial charge in [-0.3, -0.25) is 9.69 Å². The van der Waals surface area contributed by atoms with E-state index in [4.69, 9.17) is 4.98 Å². The van der Waals surface area contributed by atoms with E-state index in [0.717, 1.165) is 44.6 Å². The van der Waals surface area contributed by atoms with Crippen molar-refractivity contribution in [1.82, 2.24) is 19.9 Å². The molecule has 32 heavy (non-hydrogen) atoms. The van der Waals surface area contributed by atoms with E-state index < -0.39 is 12.0 Å². The molecule has 0 aliphatic carbocycles. The van der Waals surface area contributed by atoms with Crippen molar-refractivity contribution in [3.63, 3.8) is 0 Å². The molecule has 164 valence electrons. The first-order valence-corrected chi connectivity index (χ1v) is 10.7. The number of nitrogens with one attached hydrogen (secondary N) is 1. The number of H-pyrrole nitrogens is 1. The molecule has 0 saturated carbocycles. The summed E-state index contributed by atoms with van der Waals surface area (Å²) in [7, 11) is 0. The smallest absolute Gasteiger partial charge is 0.325 e. The minimum absolute atomic E-state index is 0.0802. The molecule has 4 aromatic rings. The van der Waals surface area contributed by atoms with E-state index in [2.05, 4.69) is 14.9 Å². The highest BCUT2D eigenvalue weighted by Crippen LogP contribution is 2.31. The van der Waals surface area contributed by atoms with E-state index in [9.17, 15) is 15.0 Å². The lowest BCUT2D eigenvalue weighted by atomic mass is 10.0. The number of aliphatic hydroxyl groups excluding tert-OH is 1. The van der Waals surface area contributed by atoms with Crippen LogP contribution in [0.25, 0.3) is 21.9 Å². The van der Waals surface area contributed by atoms with Gasteiger partial charge in [-0.05, 0) is 36.8 Å². The number of anilines is 1. The molecule has 2 aromatic carbocycles. The number of piperazine rings is 1. The second kappa shape index (κ2) is 8.22. The molecule has 0 spiro atoms. The first-order valence-electron chi connectivity index (χ1n) is 10.7. The molecule has 1 fully saturated rings. The predicted octanol–water partition coefficient (Wildman–Crippen LogP) is 2.86. The van der Waals surface area contributed by atoms with Crippen molar-refractivity contribution in [1.29, 1.82) is 0 Å². The summed E-state index contributed by atoms with van der Waals surface area (Å²) in [5.74, 6) is -0.0228. The summed E-state index contributed by atoms with van der Waals surface area (Å²) in [6.07, 6.45) is 1.77. The second-order valence-electron chi connectivity index (χ2n) is 8.17. The van der Waals surface area contributed by atoms with Crippen LogP contribution in [0.1, 0.15) is 22.9 Å². The number of rotatable bonds is 5. The second-order valence-corrected chi connectivity index (χ2v) is 8.17. The number of aromatic amines is 1. The van der Waals surface area contributed by atoms with Crippen molar-refractivity contribution < 1.29 is 15.0 Å². The summed E-state index contributed by atoms with van der Waals surface area (Å²) in [6.45, 7) is 4.41. The fraction of sp³-hybridized carbons (Fsp3) is 0.292. The maximum Gasteiger partial charge on any atom is 0.325 e.